The Morgan fingerprint density at radius 3 is 2.54 bits per heavy atom. The third-order valence-electron chi connectivity index (χ3n) is 6.60. The zero-order chi connectivity index (χ0) is 24.8. The van der Waals surface area contributed by atoms with Crippen molar-refractivity contribution >= 4 is 5.91 Å². The molecule has 1 amide bonds. The lowest BCUT2D eigenvalue weighted by Crippen LogP contribution is -2.37. The number of nitrogens with one attached hydrogen (secondary N) is 1. The summed E-state index contributed by atoms with van der Waals surface area (Å²) in [4.78, 5) is 14.8. The van der Waals surface area contributed by atoms with Gasteiger partial charge in [-0.2, -0.15) is 0 Å². The second-order valence-corrected chi connectivity index (χ2v) is 9.72. The molecule has 4 nitrogen and oxygen atoms in total. The summed E-state index contributed by atoms with van der Waals surface area (Å²) in [6, 6.07) is 23.4. The van der Waals surface area contributed by atoms with E-state index in [1.807, 2.05) is 36.4 Å². The molecule has 0 aromatic heterocycles. The van der Waals surface area contributed by atoms with Crippen molar-refractivity contribution in [2.75, 3.05) is 13.1 Å². The maximum Gasteiger partial charge on any atom is 0.260 e. The number of carbonyl (C=O) groups excluding carboxylic acids is 1. The Labute approximate surface area is 208 Å². The lowest BCUT2D eigenvalue weighted by atomic mass is 9.87. The van der Waals surface area contributed by atoms with Crippen LogP contribution in [0, 0.1) is 11.7 Å². The van der Waals surface area contributed by atoms with Crippen molar-refractivity contribution in [1.82, 2.24) is 10.2 Å². The lowest BCUT2D eigenvalue weighted by molar-refractivity contribution is -0.127. The average molecular weight is 475 g/mol. The molecule has 3 aromatic rings. The molecule has 1 aliphatic heterocycles. The van der Waals surface area contributed by atoms with Gasteiger partial charge in [-0.05, 0) is 60.6 Å². The molecule has 1 aliphatic rings. The van der Waals surface area contributed by atoms with Crippen molar-refractivity contribution in [3.8, 4) is 5.75 Å². The molecule has 2 atom stereocenters. The van der Waals surface area contributed by atoms with Gasteiger partial charge in [-0.3, -0.25) is 9.69 Å². The van der Waals surface area contributed by atoms with Crippen LogP contribution in [0.25, 0.3) is 0 Å². The maximum absolute atomic E-state index is 14.5. The van der Waals surface area contributed by atoms with E-state index in [9.17, 15) is 9.18 Å². The number of amides is 1. The highest BCUT2D eigenvalue weighted by Crippen LogP contribution is 2.38. The van der Waals surface area contributed by atoms with Crippen LogP contribution in [0.1, 0.15) is 55.5 Å². The van der Waals surface area contributed by atoms with Gasteiger partial charge in [0.05, 0.1) is 6.04 Å². The summed E-state index contributed by atoms with van der Waals surface area (Å²) < 4.78 is 20.6. The van der Waals surface area contributed by atoms with Crippen LogP contribution in [0.3, 0.4) is 0 Å². The molecule has 0 unspecified atom stereocenters. The fourth-order valence-corrected chi connectivity index (χ4v) is 4.65. The Hall–Kier alpha value is -3.18. The molecule has 1 N–H and O–H groups in total. The van der Waals surface area contributed by atoms with E-state index in [1.54, 1.807) is 13.0 Å². The minimum atomic E-state index is -0.589. The number of ether oxygens (including phenoxy) is 1. The highest BCUT2D eigenvalue weighted by atomic mass is 19.1. The summed E-state index contributed by atoms with van der Waals surface area (Å²) in [6.07, 6.45) is 1.22. The van der Waals surface area contributed by atoms with E-state index in [2.05, 4.69) is 48.3 Å². The van der Waals surface area contributed by atoms with Crippen LogP contribution in [-0.2, 0) is 17.8 Å². The van der Waals surface area contributed by atoms with Crippen molar-refractivity contribution in [1.29, 1.82) is 0 Å². The van der Waals surface area contributed by atoms with E-state index in [0.717, 1.165) is 30.5 Å². The number of rotatable bonds is 9. The van der Waals surface area contributed by atoms with Gasteiger partial charge in [0.25, 0.3) is 5.91 Å². The number of fused-ring (bicyclic) bond motifs is 1. The molecule has 184 valence electrons. The minimum absolute atomic E-state index is 0.0294. The van der Waals surface area contributed by atoms with E-state index in [4.69, 9.17) is 4.74 Å². The van der Waals surface area contributed by atoms with Crippen molar-refractivity contribution in [3.63, 3.8) is 0 Å². The second kappa shape index (κ2) is 11.5. The Bertz CT molecular complexity index is 1130. The van der Waals surface area contributed by atoms with Gasteiger partial charge in [-0.15, -0.1) is 0 Å². The summed E-state index contributed by atoms with van der Waals surface area (Å²) in [5.41, 5.74) is 4.24. The largest absolute Gasteiger partial charge is 0.481 e. The lowest BCUT2D eigenvalue weighted by Gasteiger charge is -2.38. The molecule has 0 fully saturated rings. The Balaban J connectivity index is 1.58. The molecular formula is C30H35FN2O2. The van der Waals surface area contributed by atoms with E-state index in [0.29, 0.717) is 30.3 Å². The second-order valence-electron chi connectivity index (χ2n) is 9.72. The molecule has 0 aliphatic carbocycles. The molecular weight excluding hydrogens is 439 g/mol. The van der Waals surface area contributed by atoms with Crippen molar-refractivity contribution in [2.24, 2.45) is 5.92 Å². The summed E-state index contributed by atoms with van der Waals surface area (Å²) in [7, 11) is 0. The summed E-state index contributed by atoms with van der Waals surface area (Å²) in [5, 5.41) is 2.96. The van der Waals surface area contributed by atoms with E-state index in [-0.39, 0.29) is 17.8 Å². The normalized spacial score (nSPS) is 16.5. The molecule has 0 bridgehead atoms. The highest BCUT2D eigenvalue weighted by Gasteiger charge is 2.30. The van der Waals surface area contributed by atoms with Crippen LogP contribution in [-0.4, -0.2) is 30.0 Å². The van der Waals surface area contributed by atoms with Gasteiger partial charge in [0.2, 0.25) is 0 Å². The van der Waals surface area contributed by atoms with Crippen LogP contribution >= 0.6 is 0 Å². The molecule has 1 heterocycles. The zero-order valence-electron chi connectivity index (χ0n) is 20.8. The smallest absolute Gasteiger partial charge is 0.260 e. The molecule has 3 aromatic carbocycles. The number of nitrogens with zero attached hydrogens (tertiary/aromatic N) is 1. The molecule has 0 spiro atoms. The van der Waals surface area contributed by atoms with Gasteiger partial charge >= 0.3 is 0 Å². The molecule has 0 radical (unpaired) electrons. The molecule has 4 rings (SSSR count). The van der Waals surface area contributed by atoms with E-state index >= 15 is 0 Å². The predicted octanol–water partition coefficient (Wildman–Crippen LogP) is 5.90. The van der Waals surface area contributed by atoms with Crippen LogP contribution in [0.2, 0.25) is 0 Å². The number of hydrogen-bond acceptors (Lipinski definition) is 3. The third kappa shape index (κ3) is 6.29. The molecule has 0 saturated heterocycles. The monoisotopic (exact) mass is 474 g/mol. The predicted molar refractivity (Wildman–Crippen MR) is 138 cm³/mol. The van der Waals surface area contributed by atoms with Gasteiger partial charge in [0.15, 0.2) is 6.10 Å². The summed E-state index contributed by atoms with van der Waals surface area (Å²) in [5.74, 6) is 0.919. The van der Waals surface area contributed by atoms with Gasteiger partial charge in [-0.1, -0.05) is 68.4 Å². The third-order valence-corrected chi connectivity index (χ3v) is 6.60. The number of hydrogen-bond donors (Lipinski definition) is 1. The first-order valence-corrected chi connectivity index (χ1v) is 12.5. The Morgan fingerprint density at radius 1 is 1.06 bits per heavy atom. The Morgan fingerprint density at radius 2 is 1.80 bits per heavy atom. The van der Waals surface area contributed by atoms with Crippen LogP contribution < -0.4 is 10.1 Å². The first kappa shape index (κ1) is 24.9. The van der Waals surface area contributed by atoms with E-state index in [1.165, 1.54) is 11.6 Å². The minimum Gasteiger partial charge on any atom is -0.481 e. The van der Waals surface area contributed by atoms with Gasteiger partial charge < -0.3 is 10.1 Å². The first-order valence-electron chi connectivity index (χ1n) is 12.5. The molecule has 5 heteroatoms. The summed E-state index contributed by atoms with van der Waals surface area (Å²) in [6.45, 7) is 8.05. The average Bonchev–Trinajstić information content (AvgIpc) is 2.85. The molecule has 35 heavy (non-hydrogen) atoms. The number of carbonyl (C=O) groups is 1. The SMILES string of the molecule is CC(C)CCNC(=O)[C@@H](C)Oc1ccc2c(c1)[C@H](c1ccccc1)N(Cc1ccccc1F)CC2. The topological polar surface area (TPSA) is 41.6 Å². The maximum atomic E-state index is 14.5. The van der Waals surface area contributed by atoms with E-state index < -0.39 is 6.10 Å². The van der Waals surface area contributed by atoms with Crippen molar-refractivity contribution in [2.45, 2.75) is 52.3 Å². The van der Waals surface area contributed by atoms with Gasteiger partial charge in [0, 0.05) is 25.2 Å². The fourth-order valence-electron chi connectivity index (χ4n) is 4.65. The molecule has 0 saturated carbocycles. The quantitative estimate of drug-likeness (QED) is 0.420. The van der Waals surface area contributed by atoms with Crippen LogP contribution in [0.15, 0.2) is 72.8 Å². The Kier molecular flexibility index (Phi) is 8.19. The van der Waals surface area contributed by atoms with Crippen molar-refractivity contribution in [3.05, 3.63) is 101 Å². The number of halogens is 1. The van der Waals surface area contributed by atoms with Gasteiger partial charge in [-0.25, -0.2) is 4.39 Å². The fraction of sp³-hybridized carbons (Fsp3) is 0.367. The van der Waals surface area contributed by atoms with Gasteiger partial charge in [0.1, 0.15) is 11.6 Å². The van der Waals surface area contributed by atoms with Crippen molar-refractivity contribution < 1.29 is 13.9 Å². The number of benzene rings is 3. The summed E-state index contributed by atoms with van der Waals surface area (Å²) >= 11 is 0. The zero-order valence-corrected chi connectivity index (χ0v) is 20.8. The van der Waals surface area contributed by atoms with Crippen LogP contribution in [0.5, 0.6) is 5.75 Å². The highest BCUT2D eigenvalue weighted by molar-refractivity contribution is 5.80. The van der Waals surface area contributed by atoms with Crippen LogP contribution in [0.4, 0.5) is 4.39 Å². The standard InChI is InChI=1S/C30H35FN2O2/c1-21(2)15-17-32-30(34)22(3)35-26-14-13-23-16-18-33(20-25-11-7-8-12-28(25)31)29(27(23)19-26)24-9-5-4-6-10-24/h4-14,19,21-22,29H,15-18,20H2,1-3H3,(H,32,34)/t22-,29+/m1/s1. The first-order chi connectivity index (χ1) is 16.9.